The van der Waals surface area contributed by atoms with Crippen molar-refractivity contribution in [2.45, 2.75) is 33.6 Å². The molecule has 0 aromatic carbocycles. The van der Waals surface area contributed by atoms with Crippen molar-refractivity contribution in [3.05, 3.63) is 0 Å². The van der Waals surface area contributed by atoms with E-state index in [1.165, 1.54) is 20.8 Å². The standard InChI is InChI=1S/C11H16O6/c1-9(2)10(3,6(12)13)4-5-11(9,7(14)15)8(16)17/h4-5H2,1-3H3,(H,12,13)(H,14,15)(H,16,17)/t10-/m0/s1. The molecular formula is C11H16O6. The summed E-state index contributed by atoms with van der Waals surface area (Å²) in [5, 5.41) is 27.6. The van der Waals surface area contributed by atoms with Gasteiger partial charge in [0, 0.05) is 5.41 Å². The Morgan fingerprint density at radius 2 is 1.24 bits per heavy atom. The summed E-state index contributed by atoms with van der Waals surface area (Å²) in [6.07, 6.45) is -0.137. The van der Waals surface area contributed by atoms with Gasteiger partial charge in [0.1, 0.15) is 0 Å². The Kier molecular flexibility index (Phi) is 2.73. The summed E-state index contributed by atoms with van der Waals surface area (Å²) in [5.74, 6) is -4.10. The van der Waals surface area contributed by atoms with Crippen LogP contribution >= 0.6 is 0 Å². The first-order chi connectivity index (χ1) is 7.54. The molecule has 0 aromatic rings. The normalized spacial score (nSPS) is 29.8. The molecule has 0 amide bonds. The zero-order valence-electron chi connectivity index (χ0n) is 9.98. The van der Waals surface area contributed by atoms with Crippen LogP contribution in [0.3, 0.4) is 0 Å². The number of hydrogen-bond acceptors (Lipinski definition) is 3. The van der Waals surface area contributed by atoms with Gasteiger partial charge < -0.3 is 15.3 Å². The number of hydrogen-bond donors (Lipinski definition) is 3. The topological polar surface area (TPSA) is 112 Å². The SMILES string of the molecule is CC1(C)C(C(=O)O)(C(=O)O)CC[C@@]1(C)C(=O)O. The van der Waals surface area contributed by atoms with Crippen molar-refractivity contribution >= 4 is 17.9 Å². The van der Waals surface area contributed by atoms with Gasteiger partial charge in [-0.25, -0.2) is 0 Å². The van der Waals surface area contributed by atoms with E-state index in [0.717, 1.165) is 0 Å². The quantitative estimate of drug-likeness (QED) is 0.640. The Morgan fingerprint density at radius 1 is 0.824 bits per heavy atom. The fraction of sp³-hybridized carbons (Fsp3) is 0.727. The van der Waals surface area contributed by atoms with Gasteiger partial charge in [-0.2, -0.15) is 0 Å². The maximum Gasteiger partial charge on any atom is 0.321 e. The number of rotatable bonds is 3. The molecular weight excluding hydrogens is 228 g/mol. The molecule has 0 spiro atoms. The van der Waals surface area contributed by atoms with Crippen LogP contribution in [0, 0.1) is 16.2 Å². The average Bonchev–Trinajstić information content (AvgIpc) is 2.36. The third kappa shape index (κ3) is 1.29. The molecule has 3 N–H and O–H groups in total. The van der Waals surface area contributed by atoms with E-state index in [-0.39, 0.29) is 12.8 Å². The minimum atomic E-state index is -2.04. The lowest BCUT2D eigenvalue weighted by molar-refractivity contribution is -0.178. The Hall–Kier alpha value is -1.59. The van der Waals surface area contributed by atoms with Gasteiger partial charge in [-0.05, 0) is 19.8 Å². The smallest absolute Gasteiger partial charge is 0.321 e. The molecule has 0 heterocycles. The highest BCUT2D eigenvalue weighted by atomic mass is 16.4. The summed E-state index contributed by atoms with van der Waals surface area (Å²) in [6, 6.07) is 0. The van der Waals surface area contributed by atoms with Crippen molar-refractivity contribution in [1.82, 2.24) is 0 Å². The van der Waals surface area contributed by atoms with Crippen LogP contribution in [0.25, 0.3) is 0 Å². The lowest BCUT2D eigenvalue weighted by atomic mass is 9.58. The summed E-state index contributed by atoms with van der Waals surface area (Å²) < 4.78 is 0. The summed E-state index contributed by atoms with van der Waals surface area (Å²) in [7, 11) is 0. The van der Waals surface area contributed by atoms with Crippen molar-refractivity contribution in [2.24, 2.45) is 16.2 Å². The number of carbonyl (C=O) groups is 3. The van der Waals surface area contributed by atoms with E-state index < -0.39 is 34.2 Å². The molecule has 96 valence electrons. The first kappa shape index (κ1) is 13.5. The van der Waals surface area contributed by atoms with Crippen LogP contribution in [0.5, 0.6) is 0 Å². The summed E-state index contributed by atoms with van der Waals surface area (Å²) in [4.78, 5) is 33.9. The number of carboxylic acid groups (broad SMARTS) is 3. The maximum absolute atomic E-state index is 11.3. The summed E-state index contributed by atoms with van der Waals surface area (Å²) in [6.45, 7) is 4.20. The Bertz CT molecular complexity index is 383. The molecule has 0 aliphatic heterocycles. The molecule has 1 aliphatic rings. The van der Waals surface area contributed by atoms with Gasteiger partial charge in [0.2, 0.25) is 0 Å². The first-order valence-electron chi connectivity index (χ1n) is 5.24. The molecule has 0 unspecified atom stereocenters. The Morgan fingerprint density at radius 3 is 1.41 bits per heavy atom. The molecule has 6 nitrogen and oxygen atoms in total. The predicted octanol–water partition coefficient (Wildman–Crippen LogP) is 1.05. The zero-order valence-corrected chi connectivity index (χ0v) is 9.98. The third-order valence-electron chi connectivity index (χ3n) is 4.65. The van der Waals surface area contributed by atoms with E-state index in [0.29, 0.717) is 0 Å². The molecule has 6 heteroatoms. The van der Waals surface area contributed by atoms with Crippen LogP contribution in [0.2, 0.25) is 0 Å². The largest absolute Gasteiger partial charge is 0.481 e. The van der Waals surface area contributed by atoms with E-state index in [4.69, 9.17) is 0 Å². The second-order valence-corrected chi connectivity index (χ2v) is 5.28. The van der Waals surface area contributed by atoms with Gasteiger partial charge in [-0.1, -0.05) is 13.8 Å². The molecule has 1 rings (SSSR count). The van der Waals surface area contributed by atoms with Crippen molar-refractivity contribution in [3.63, 3.8) is 0 Å². The van der Waals surface area contributed by atoms with Gasteiger partial charge >= 0.3 is 17.9 Å². The van der Waals surface area contributed by atoms with Crippen LogP contribution in [0.1, 0.15) is 33.6 Å². The van der Waals surface area contributed by atoms with E-state index >= 15 is 0 Å². The molecule has 1 aliphatic carbocycles. The van der Waals surface area contributed by atoms with Crippen LogP contribution in [-0.4, -0.2) is 33.2 Å². The van der Waals surface area contributed by atoms with Crippen molar-refractivity contribution in [2.75, 3.05) is 0 Å². The molecule has 0 bridgehead atoms. The van der Waals surface area contributed by atoms with Crippen LogP contribution in [0.15, 0.2) is 0 Å². The van der Waals surface area contributed by atoms with Gasteiger partial charge in [0.25, 0.3) is 0 Å². The maximum atomic E-state index is 11.3. The van der Waals surface area contributed by atoms with Crippen LogP contribution in [-0.2, 0) is 14.4 Å². The lowest BCUT2D eigenvalue weighted by Crippen LogP contribution is -2.53. The van der Waals surface area contributed by atoms with E-state index in [9.17, 15) is 29.7 Å². The molecule has 17 heavy (non-hydrogen) atoms. The third-order valence-corrected chi connectivity index (χ3v) is 4.65. The minimum absolute atomic E-state index is 0.0356. The van der Waals surface area contributed by atoms with Crippen molar-refractivity contribution < 1.29 is 29.7 Å². The lowest BCUT2D eigenvalue weighted by Gasteiger charge is -2.41. The predicted molar refractivity (Wildman–Crippen MR) is 56.5 cm³/mol. The molecule has 0 saturated heterocycles. The molecule has 0 radical (unpaired) electrons. The monoisotopic (exact) mass is 244 g/mol. The molecule has 0 aromatic heterocycles. The van der Waals surface area contributed by atoms with E-state index in [1.54, 1.807) is 0 Å². The second-order valence-electron chi connectivity index (χ2n) is 5.28. The Balaban J connectivity index is 3.47. The van der Waals surface area contributed by atoms with Gasteiger partial charge in [0.05, 0.1) is 5.41 Å². The highest BCUT2D eigenvalue weighted by Crippen LogP contribution is 2.63. The highest BCUT2D eigenvalue weighted by Gasteiger charge is 2.71. The number of carboxylic acids is 3. The summed E-state index contributed by atoms with van der Waals surface area (Å²) >= 11 is 0. The second kappa shape index (κ2) is 3.45. The fourth-order valence-corrected chi connectivity index (χ4v) is 2.75. The average molecular weight is 244 g/mol. The van der Waals surface area contributed by atoms with Crippen LogP contribution < -0.4 is 0 Å². The number of aliphatic carboxylic acids is 3. The summed E-state index contributed by atoms with van der Waals surface area (Å²) in [5.41, 5.74) is -4.77. The van der Waals surface area contributed by atoms with Gasteiger partial charge in [-0.3, -0.25) is 14.4 Å². The van der Waals surface area contributed by atoms with E-state index in [2.05, 4.69) is 0 Å². The van der Waals surface area contributed by atoms with Crippen molar-refractivity contribution in [3.8, 4) is 0 Å². The first-order valence-corrected chi connectivity index (χ1v) is 5.24. The van der Waals surface area contributed by atoms with Gasteiger partial charge in [-0.15, -0.1) is 0 Å². The van der Waals surface area contributed by atoms with Gasteiger partial charge in [0.15, 0.2) is 5.41 Å². The minimum Gasteiger partial charge on any atom is -0.481 e. The molecule has 1 saturated carbocycles. The highest BCUT2D eigenvalue weighted by molar-refractivity contribution is 6.01. The molecule has 1 fully saturated rings. The zero-order chi connectivity index (χ0) is 13.6. The molecule has 1 atom stereocenters. The van der Waals surface area contributed by atoms with E-state index in [1.807, 2.05) is 0 Å². The van der Waals surface area contributed by atoms with Crippen LogP contribution in [0.4, 0.5) is 0 Å². The Labute approximate surface area is 98.3 Å². The van der Waals surface area contributed by atoms with Crippen molar-refractivity contribution in [1.29, 1.82) is 0 Å². The fourth-order valence-electron chi connectivity index (χ4n) is 2.75.